The minimum Gasteiger partial charge on any atom is -0.452 e. The molecule has 0 unspecified atom stereocenters. The molecule has 0 aliphatic heterocycles. The van der Waals surface area contributed by atoms with Crippen molar-refractivity contribution in [2.24, 2.45) is 0 Å². The Kier molecular flexibility index (Phi) is 5.88. The number of halogens is 1. The third-order valence-corrected chi connectivity index (χ3v) is 4.34. The molecule has 3 rings (SSSR count). The minimum atomic E-state index is -0.604. The van der Waals surface area contributed by atoms with Crippen LogP contribution in [0.4, 0.5) is 5.69 Å². The van der Waals surface area contributed by atoms with E-state index in [9.17, 15) is 9.59 Å². The second-order valence-electron chi connectivity index (χ2n) is 5.95. The molecule has 1 aromatic heterocycles. The van der Waals surface area contributed by atoms with Crippen LogP contribution in [0.15, 0.2) is 60.9 Å². The topological polar surface area (TPSA) is 73.2 Å². The minimum absolute atomic E-state index is 0.290. The van der Waals surface area contributed by atoms with Crippen LogP contribution in [-0.4, -0.2) is 28.3 Å². The molecule has 0 atom stereocenters. The summed E-state index contributed by atoms with van der Waals surface area (Å²) in [6.07, 6.45) is 3.01. The number of hydrogen-bond donors (Lipinski definition) is 1. The van der Waals surface area contributed by atoms with Crippen LogP contribution in [0.5, 0.6) is 0 Å². The summed E-state index contributed by atoms with van der Waals surface area (Å²) in [7, 11) is 0. The van der Waals surface area contributed by atoms with E-state index >= 15 is 0 Å². The first-order chi connectivity index (χ1) is 13.0. The number of carbonyl (C=O) groups excluding carboxylic acids is 2. The lowest BCUT2D eigenvalue weighted by Gasteiger charge is -2.09. The van der Waals surface area contributed by atoms with Crippen molar-refractivity contribution < 1.29 is 14.3 Å². The molecule has 1 N–H and O–H groups in total. The Morgan fingerprint density at radius 3 is 2.70 bits per heavy atom. The fourth-order valence-electron chi connectivity index (χ4n) is 2.47. The molecule has 0 aliphatic carbocycles. The first-order valence-corrected chi connectivity index (χ1v) is 8.69. The Morgan fingerprint density at radius 1 is 1.15 bits per heavy atom. The average Bonchev–Trinajstić information content (AvgIpc) is 3.13. The third-order valence-electron chi connectivity index (χ3n) is 3.93. The van der Waals surface area contributed by atoms with Crippen LogP contribution < -0.4 is 5.32 Å². The lowest BCUT2D eigenvalue weighted by atomic mass is 10.2. The zero-order chi connectivity index (χ0) is 19.2. The molecule has 0 aliphatic rings. The van der Waals surface area contributed by atoms with Crippen LogP contribution in [0, 0.1) is 6.92 Å². The molecule has 3 aromatic rings. The fraction of sp³-hybridized carbons (Fsp3) is 0.150. The van der Waals surface area contributed by atoms with Crippen molar-refractivity contribution in [2.75, 3.05) is 11.9 Å². The molecule has 6 nitrogen and oxygen atoms in total. The Labute approximate surface area is 161 Å². The molecular weight excluding hydrogens is 366 g/mol. The lowest BCUT2D eigenvalue weighted by molar-refractivity contribution is -0.119. The highest BCUT2D eigenvalue weighted by Crippen LogP contribution is 2.22. The monoisotopic (exact) mass is 383 g/mol. The second kappa shape index (κ2) is 8.51. The number of carbonyl (C=O) groups is 2. The standard InChI is InChI=1S/C20H18ClN3O3/c1-14-17(21)8-5-9-18(14)23-19(25)13-27-20(26)16-10-22-24(12-16)11-15-6-3-2-4-7-15/h2-10,12H,11,13H2,1H3,(H,23,25). The Morgan fingerprint density at radius 2 is 1.93 bits per heavy atom. The van der Waals surface area contributed by atoms with Gasteiger partial charge in [0.15, 0.2) is 6.61 Å². The molecule has 1 amide bonds. The van der Waals surface area contributed by atoms with Gasteiger partial charge >= 0.3 is 5.97 Å². The van der Waals surface area contributed by atoms with E-state index in [0.29, 0.717) is 17.3 Å². The number of ether oxygens (including phenoxy) is 1. The van der Waals surface area contributed by atoms with Gasteiger partial charge in [0, 0.05) is 16.9 Å². The first kappa shape index (κ1) is 18.7. The van der Waals surface area contributed by atoms with Crippen LogP contribution in [0.2, 0.25) is 5.02 Å². The van der Waals surface area contributed by atoms with Crippen LogP contribution in [0.25, 0.3) is 0 Å². The quantitative estimate of drug-likeness (QED) is 0.659. The van der Waals surface area contributed by atoms with Gasteiger partial charge in [0.2, 0.25) is 0 Å². The number of hydrogen-bond acceptors (Lipinski definition) is 4. The number of amides is 1. The van der Waals surface area contributed by atoms with E-state index < -0.39 is 18.5 Å². The van der Waals surface area contributed by atoms with Gasteiger partial charge in [-0.2, -0.15) is 5.10 Å². The maximum atomic E-state index is 12.1. The van der Waals surface area contributed by atoms with Gasteiger partial charge in [-0.15, -0.1) is 0 Å². The molecule has 1 heterocycles. The Hall–Kier alpha value is -3.12. The van der Waals surface area contributed by atoms with Crippen LogP contribution in [-0.2, 0) is 16.1 Å². The fourth-order valence-corrected chi connectivity index (χ4v) is 2.64. The number of aromatic nitrogens is 2. The van der Waals surface area contributed by atoms with Gasteiger partial charge in [-0.05, 0) is 30.2 Å². The molecule has 138 valence electrons. The van der Waals surface area contributed by atoms with Gasteiger partial charge < -0.3 is 10.1 Å². The highest BCUT2D eigenvalue weighted by atomic mass is 35.5. The SMILES string of the molecule is Cc1c(Cl)cccc1NC(=O)COC(=O)c1cnn(Cc2ccccc2)c1. The van der Waals surface area contributed by atoms with Gasteiger partial charge in [0.1, 0.15) is 0 Å². The van der Waals surface area contributed by atoms with Crippen LogP contribution in [0.3, 0.4) is 0 Å². The van der Waals surface area contributed by atoms with E-state index in [2.05, 4.69) is 10.4 Å². The summed E-state index contributed by atoms with van der Waals surface area (Å²) in [5.41, 5.74) is 2.69. The van der Waals surface area contributed by atoms with Gasteiger partial charge in [-0.1, -0.05) is 48.0 Å². The maximum absolute atomic E-state index is 12.1. The van der Waals surface area contributed by atoms with E-state index in [1.54, 1.807) is 36.0 Å². The van der Waals surface area contributed by atoms with Crippen molar-refractivity contribution in [3.05, 3.63) is 82.6 Å². The molecule has 0 radical (unpaired) electrons. The van der Waals surface area contributed by atoms with E-state index in [1.807, 2.05) is 30.3 Å². The molecule has 2 aromatic carbocycles. The second-order valence-corrected chi connectivity index (χ2v) is 6.36. The molecule has 0 bridgehead atoms. The predicted octanol–water partition coefficient (Wildman–Crippen LogP) is 3.69. The smallest absolute Gasteiger partial charge is 0.341 e. The van der Waals surface area contributed by atoms with Crippen molar-refractivity contribution in [1.82, 2.24) is 9.78 Å². The van der Waals surface area contributed by atoms with Gasteiger partial charge in [0.25, 0.3) is 5.91 Å². The number of benzene rings is 2. The van der Waals surface area contributed by atoms with Crippen molar-refractivity contribution in [3.8, 4) is 0 Å². The maximum Gasteiger partial charge on any atom is 0.341 e. The Bertz CT molecular complexity index is 954. The first-order valence-electron chi connectivity index (χ1n) is 8.31. The summed E-state index contributed by atoms with van der Waals surface area (Å²) in [4.78, 5) is 24.1. The normalized spacial score (nSPS) is 10.4. The van der Waals surface area contributed by atoms with Gasteiger partial charge in [-0.3, -0.25) is 9.48 Å². The summed E-state index contributed by atoms with van der Waals surface area (Å²) in [5, 5.41) is 7.38. The zero-order valence-corrected chi connectivity index (χ0v) is 15.4. The predicted molar refractivity (Wildman–Crippen MR) is 103 cm³/mol. The number of rotatable bonds is 6. The average molecular weight is 384 g/mol. The summed E-state index contributed by atoms with van der Waals surface area (Å²) in [5.74, 6) is -1.04. The molecule has 27 heavy (non-hydrogen) atoms. The summed E-state index contributed by atoms with van der Waals surface area (Å²) in [6.45, 7) is 1.95. The van der Waals surface area contributed by atoms with Crippen LogP contribution >= 0.6 is 11.6 Å². The lowest BCUT2D eigenvalue weighted by Crippen LogP contribution is -2.21. The Balaban J connectivity index is 1.53. The number of nitrogens with zero attached hydrogens (tertiary/aromatic N) is 2. The molecule has 7 heteroatoms. The van der Waals surface area contributed by atoms with Crippen LogP contribution in [0.1, 0.15) is 21.5 Å². The summed E-state index contributed by atoms with van der Waals surface area (Å²) in [6, 6.07) is 15.0. The van der Waals surface area contributed by atoms with Gasteiger partial charge in [-0.25, -0.2) is 4.79 Å². The molecule has 0 saturated carbocycles. The number of esters is 1. The van der Waals surface area contributed by atoms with E-state index in [-0.39, 0.29) is 5.56 Å². The molecule has 0 saturated heterocycles. The van der Waals surface area contributed by atoms with Crippen molar-refractivity contribution in [2.45, 2.75) is 13.5 Å². The number of anilines is 1. The molecule has 0 fully saturated rings. The van der Waals surface area contributed by atoms with Crippen molar-refractivity contribution in [1.29, 1.82) is 0 Å². The van der Waals surface area contributed by atoms with Crippen molar-refractivity contribution >= 4 is 29.2 Å². The highest BCUT2D eigenvalue weighted by Gasteiger charge is 2.13. The largest absolute Gasteiger partial charge is 0.452 e. The molecule has 0 spiro atoms. The molecular formula is C20H18ClN3O3. The van der Waals surface area contributed by atoms with Crippen molar-refractivity contribution in [3.63, 3.8) is 0 Å². The third kappa shape index (κ3) is 4.95. The van der Waals surface area contributed by atoms with E-state index in [4.69, 9.17) is 16.3 Å². The zero-order valence-electron chi connectivity index (χ0n) is 14.7. The summed E-state index contributed by atoms with van der Waals surface area (Å²) < 4.78 is 6.70. The van der Waals surface area contributed by atoms with E-state index in [0.717, 1.165) is 11.1 Å². The van der Waals surface area contributed by atoms with E-state index in [1.165, 1.54) is 6.20 Å². The van der Waals surface area contributed by atoms with Gasteiger partial charge in [0.05, 0.1) is 18.3 Å². The number of nitrogens with one attached hydrogen (secondary N) is 1. The highest BCUT2D eigenvalue weighted by molar-refractivity contribution is 6.31. The summed E-state index contributed by atoms with van der Waals surface area (Å²) >= 11 is 6.02.